The Labute approximate surface area is 172 Å². The second-order valence-corrected chi connectivity index (χ2v) is 10.4. The summed E-state index contributed by atoms with van der Waals surface area (Å²) in [5.74, 6) is -0.315. The van der Waals surface area contributed by atoms with Gasteiger partial charge in [0.2, 0.25) is 10.0 Å². The number of benzene rings is 1. The van der Waals surface area contributed by atoms with Crippen molar-refractivity contribution < 1.29 is 22.7 Å². The molecule has 3 rings (SSSR count). The van der Waals surface area contributed by atoms with Gasteiger partial charge < -0.3 is 10.1 Å². The van der Waals surface area contributed by atoms with Gasteiger partial charge in [0.25, 0.3) is 5.91 Å². The van der Waals surface area contributed by atoms with Gasteiger partial charge in [-0.1, -0.05) is 26.7 Å². The minimum absolute atomic E-state index is 0.161. The first kappa shape index (κ1) is 21.8. The molecule has 1 aliphatic heterocycles. The largest absolute Gasteiger partial charge is 0.452 e. The average molecular weight is 423 g/mol. The molecule has 1 aliphatic carbocycles. The molecule has 0 radical (unpaired) electrons. The molecular formula is C21H30N2O5S. The van der Waals surface area contributed by atoms with E-state index in [0.29, 0.717) is 24.9 Å². The molecule has 0 spiro atoms. The molecule has 2 aliphatic rings. The van der Waals surface area contributed by atoms with Gasteiger partial charge in [0.05, 0.1) is 10.5 Å². The number of carbonyl (C=O) groups excluding carboxylic acids is 2. The maximum absolute atomic E-state index is 12.9. The zero-order chi connectivity index (χ0) is 21.0. The topological polar surface area (TPSA) is 92.8 Å². The normalized spacial score (nSPS) is 23.7. The third kappa shape index (κ3) is 5.57. The van der Waals surface area contributed by atoms with Crippen LogP contribution in [0.25, 0.3) is 0 Å². The summed E-state index contributed by atoms with van der Waals surface area (Å²) in [6.45, 7) is 4.79. The predicted molar refractivity (Wildman–Crippen MR) is 109 cm³/mol. The molecule has 8 heteroatoms. The van der Waals surface area contributed by atoms with E-state index in [1.807, 2.05) is 0 Å². The van der Waals surface area contributed by atoms with Crippen LogP contribution in [0, 0.1) is 11.8 Å². The number of carbonyl (C=O) groups is 2. The van der Waals surface area contributed by atoms with Crippen molar-refractivity contribution in [2.75, 3.05) is 19.7 Å². The van der Waals surface area contributed by atoms with E-state index in [0.717, 1.165) is 32.1 Å². The number of rotatable bonds is 6. The van der Waals surface area contributed by atoms with Gasteiger partial charge in [0.15, 0.2) is 6.61 Å². The van der Waals surface area contributed by atoms with Gasteiger partial charge in [-0.2, -0.15) is 4.31 Å². The summed E-state index contributed by atoms with van der Waals surface area (Å²) in [6.07, 6.45) is 5.16. The molecule has 1 saturated carbocycles. The highest BCUT2D eigenvalue weighted by molar-refractivity contribution is 7.89. The van der Waals surface area contributed by atoms with E-state index in [1.54, 1.807) is 0 Å². The summed E-state index contributed by atoms with van der Waals surface area (Å²) in [6, 6.07) is 5.89. The van der Waals surface area contributed by atoms with Gasteiger partial charge in [-0.25, -0.2) is 13.2 Å². The lowest BCUT2D eigenvalue weighted by Gasteiger charge is -2.34. The second kappa shape index (κ2) is 9.26. The predicted octanol–water partition coefficient (Wildman–Crippen LogP) is 2.57. The number of esters is 1. The Bertz CT molecular complexity index is 821. The molecule has 0 aromatic heterocycles. The van der Waals surface area contributed by atoms with E-state index in [-0.39, 0.29) is 29.0 Å². The van der Waals surface area contributed by atoms with Crippen molar-refractivity contribution in [3.05, 3.63) is 29.8 Å². The van der Waals surface area contributed by atoms with Gasteiger partial charge in [-0.05, 0) is 55.4 Å². The Balaban J connectivity index is 1.57. The van der Waals surface area contributed by atoms with Gasteiger partial charge in [0.1, 0.15) is 0 Å². The summed E-state index contributed by atoms with van der Waals surface area (Å²) in [5, 5.41) is 2.86. The highest BCUT2D eigenvalue weighted by Gasteiger charge is 2.31. The van der Waals surface area contributed by atoms with Gasteiger partial charge in [-0.15, -0.1) is 0 Å². The lowest BCUT2D eigenvalue weighted by Crippen LogP contribution is -2.42. The highest BCUT2D eigenvalue weighted by Crippen LogP contribution is 2.26. The second-order valence-electron chi connectivity index (χ2n) is 8.42. The van der Waals surface area contributed by atoms with Crippen molar-refractivity contribution in [3.8, 4) is 0 Å². The van der Waals surface area contributed by atoms with Gasteiger partial charge in [-0.3, -0.25) is 4.79 Å². The Morgan fingerprint density at radius 1 is 1.07 bits per heavy atom. The lowest BCUT2D eigenvalue weighted by atomic mass is 9.94. The standard InChI is InChI=1S/C21H30N2O5S/c1-15-11-16(2)13-23(12-15)29(26,27)19-9-7-17(8-10-19)21(25)28-14-20(24)22-18-5-3-4-6-18/h7-10,15-16,18H,3-6,11-14H2,1-2H3,(H,22,24)/t15-,16+. The minimum Gasteiger partial charge on any atom is -0.452 e. The fourth-order valence-corrected chi connectivity index (χ4v) is 5.95. The van der Waals surface area contributed by atoms with Crippen LogP contribution in [0.1, 0.15) is 56.3 Å². The van der Waals surface area contributed by atoms with Crippen LogP contribution in [0.4, 0.5) is 0 Å². The van der Waals surface area contributed by atoms with Crippen molar-refractivity contribution in [1.82, 2.24) is 9.62 Å². The van der Waals surface area contributed by atoms with Crippen molar-refractivity contribution in [2.24, 2.45) is 11.8 Å². The highest BCUT2D eigenvalue weighted by atomic mass is 32.2. The van der Waals surface area contributed by atoms with Crippen LogP contribution in [-0.4, -0.2) is 50.3 Å². The fourth-order valence-electron chi connectivity index (χ4n) is 4.27. The molecular weight excluding hydrogens is 392 g/mol. The number of piperidine rings is 1. The maximum atomic E-state index is 12.9. The fraction of sp³-hybridized carbons (Fsp3) is 0.619. The van der Waals surface area contributed by atoms with Crippen LogP contribution in [0.15, 0.2) is 29.2 Å². The minimum atomic E-state index is -3.59. The zero-order valence-electron chi connectivity index (χ0n) is 17.1. The van der Waals surface area contributed by atoms with Crippen LogP contribution in [0.5, 0.6) is 0 Å². The third-order valence-electron chi connectivity index (χ3n) is 5.62. The Morgan fingerprint density at radius 3 is 2.24 bits per heavy atom. The summed E-state index contributed by atoms with van der Waals surface area (Å²) < 4.78 is 32.4. The van der Waals surface area contributed by atoms with E-state index in [4.69, 9.17) is 4.74 Å². The number of nitrogens with zero attached hydrogens (tertiary/aromatic N) is 1. The monoisotopic (exact) mass is 422 g/mol. The summed E-state index contributed by atoms with van der Waals surface area (Å²) in [4.78, 5) is 24.2. The molecule has 2 fully saturated rings. The number of amides is 1. The smallest absolute Gasteiger partial charge is 0.338 e. The lowest BCUT2D eigenvalue weighted by molar-refractivity contribution is -0.124. The Morgan fingerprint density at radius 2 is 1.66 bits per heavy atom. The third-order valence-corrected chi connectivity index (χ3v) is 7.46. The van der Waals surface area contributed by atoms with E-state index in [1.165, 1.54) is 28.6 Å². The summed E-state index contributed by atoms with van der Waals surface area (Å²) >= 11 is 0. The van der Waals surface area contributed by atoms with E-state index in [9.17, 15) is 18.0 Å². The first-order valence-electron chi connectivity index (χ1n) is 10.3. The van der Waals surface area contributed by atoms with Crippen molar-refractivity contribution in [2.45, 2.75) is 56.9 Å². The molecule has 0 unspecified atom stereocenters. The quantitative estimate of drug-likeness (QED) is 0.711. The number of nitrogens with one attached hydrogen (secondary N) is 1. The van der Waals surface area contributed by atoms with E-state index >= 15 is 0 Å². The maximum Gasteiger partial charge on any atom is 0.338 e. The molecule has 0 bridgehead atoms. The van der Waals surface area contributed by atoms with Gasteiger partial charge >= 0.3 is 5.97 Å². The molecule has 2 atom stereocenters. The zero-order valence-corrected chi connectivity index (χ0v) is 17.9. The number of ether oxygens (including phenoxy) is 1. The molecule has 1 amide bonds. The molecule has 1 N–H and O–H groups in total. The van der Waals surface area contributed by atoms with Crippen molar-refractivity contribution >= 4 is 21.9 Å². The van der Waals surface area contributed by atoms with Crippen molar-refractivity contribution in [3.63, 3.8) is 0 Å². The van der Waals surface area contributed by atoms with Crippen molar-refractivity contribution in [1.29, 1.82) is 0 Å². The molecule has 1 aromatic carbocycles. The molecule has 7 nitrogen and oxygen atoms in total. The molecule has 160 valence electrons. The Hall–Kier alpha value is -1.93. The summed E-state index contributed by atoms with van der Waals surface area (Å²) in [7, 11) is -3.59. The van der Waals surface area contributed by atoms with Crippen LogP contribution < -0.4 is 5.32 Å². The van der Waals surface area contributed by atoms with E-state index in [2.05, 4.69) is 19.2 Å². The average Bonchev–Trinajstić information content (AvgIpc) is 3.18. The first-order chi connectivity index (χ1) is 13.8. The van der Waals surface area contributed by atoms with Gasteiger partial charge in [0, 0.05) is 19.1 Å². The van der Waals surface area contributed by atoms with E-state index < -0.39 is 16.0 Å². The molecule has 29 heavy (non-hydrogen) atoms. The first-order valence-corrected chi connectivity index (χ1v) is 11.8. The SMILES string of the molecule is C[C@@H]1C[C@H](C)CN(S(=O)(=O)c2ccc(C(=O)OCC(=O)NC3CCCC3)cc2)C1. The van der Waals surface area contributed by atoms with Crippen LogP contribution in [0.2, 0.25) is 0 Å². The van der Waals surface area contributed by atoms with Crippen LogP contribution >= 0.6 is 0 Å². The number of sulfonamides is 1. The number of hydrogen-bond acceptors (Lipinski definition) is 5. The molecule has 1 heterocycles. The molecule has 1 aromatic rings. The van der Waals surface area contributed by atoms with Crippen LogP contribution in [0.3, 0.4) is 0 Å². The Kier molecular flexibility index (Phi) is 6.95. The van der Waals surface area contributed by atoms with Crippen LogP contribution in [-0.2, 0) is 19.6 Å². The summed E-state index contributed by atoms with van der Waals surface area (Å²) in [5.41, 5.74) is 0.220. The molecule has 1 saturated heterocycles. The number of hydrogen-bond donors (Lipinski definition) is 1.